The minimum atomic E-state index is -4.41. The molecule has 1 nitrogen and oxygen atoms in total. The Kier molecular flexibility index (Phi) is 3.52. The van der Waals surface area contributed by atoms with Gasteiger partial charge in [0.05, 0.1) is 6.61 Å². The molecule has 0 aliphatic rings. The normalized spacial score (nSPS) is 13.6. The van der Waals surface area contributed by atoms with E-state index in [9.17, 15) is 13.2 Å². The molecule has 0 radical (unpaired) electrons. The van der Waals surface area contributed by atoms with E-state index in [1.54, 1.807) is 6.08 Å². The number of alkyl halides is 3. The summed E-state index contributed by atoms with van der Waals surface area (Å²) in [7, 11) is 0. The molecule has 1 N–H and O–H groups in total. The van der Waals surface area contributed by atoms with Gasteiger partial charge >= 0.3 is 6.18 Å². The van der Waals surface area contributed by atoms with Crippen LogP contribution in [0.1, 0.15) is 17.0 Å². The zero-order valence-electron chi connectivity index (χ0n) is 7.96. The first-order valence-electron chi connectivity index (χ1n) is 4.39. The van der Waals surface area contributed by atoms with Gasteiger partial charge in [0.15, 0.2) is 0 Å². The van der Waals surface area contributed by atoms with Gasteiger partial charge in [-0.05, 0) is 11.1 Å². The lowest BCUT2D eigenvalue weighted by atomic mass is 9.98. The highest BCUT2D eigenvalue weighted by Gasteiger charge is 2.40. The van der Waals surface area contributed by atoms with Crippen LogP contribution in [0.25, 0.3) is 6.08 Å². The Morgan fingerprint density at radius 2 is 1.80 bits per heavy atom. The fourth-order valence-corrected chi connectivity index (χ4v) is 1.26. The van der Waals surface area contributed by atoms with Crippen molar-refractivity contribution in [2.45, 2.75) is 12.1 Å². The monoisotopic (exact) mass is 216 g/mol. The van der Waals surface area contributed by atoms with Crippen LogP contribution in [-0.4, -0.2) is 17.9 Å². The maximum Gasteiger partial charge on any atom is 0.397 e. The smallest absolute Gasteiger partial charge is 0.395 e. The standard InChI is InChI=1S/C11H11F3O/c1-2-8-3-5-9(6-4-8)10(7-15)11(12,13)14/h2-6,10,15H,1,7H2. The molecule has 0 aromatic heterocycles. The van der Waals surface area contributed by atoms with E-state index in [0.717, 1.165) is 5.56 Å². The summed E-state index contributed by atoms with van der Waals surface area (Å²) in [6.45, 7) is 2.57. The number of rotatable bonds is 3. The summed E-state index contributed by atoms with van der Waals surface area (Å²) in [5.74, 6) is -1.81. The maximum absolute atomic E-state index is 12.4. The predicted octanol–water partition coefficient (Wildman–Crippen LogP) is 2.97. The second-order valence-electron chi connectivity index (χ2n) is 3.15. The van der Waals surface area contributed by atoms with E-state index in [-0.39, 0.29) is 5.56 Å². The van der Waals surface area contributed by atoms with Gasteiger partial charge in [-0.1, -0.05) is 36.9 Å². The second kappa shape index (κ2) is 4.49. The van der Waals surface area contributed by atoms with Crippen LogP contribution in [0.2, 0.25) is 0 Å². The largest absolute Gasteiger partial charge is 0.397 e. The summed E-state index contributed by atoms with van der Waals surface area (Å²) in [5, 5.41) is 8.70. The molecule has 0 fully saturated rings. The van der Waals surface area contributed by atoms with Gasteiger partial charge in [-0.2, -0.15) is 13.2 Å². The molecule has 1 unspecified atom stereocenters. The third-order valence-electron chi connectivity index (χ3n) is 2.15. The van der Waals surface area contributed by atoms with E-state index < -0.39 is 18.7 Å². The molecule has 0 aliphatic heterocycles. The Bertz CT molecular complexity index is 327. The molecule has 4 heteroatoms. The molecule has 1 aromatic carbocycles. The number of halogens is 3. The van der Waals surface area contributed by atoms with Gasteiger partial charge in [0, 0.05) is 0 Å². The van der Waals surface area contributed by atoms with Gasteiger partial charge in [-0.3, -0.25) is 0 Å². The number of aliphatic hydroxyl groups is 1. The number of benzene rings is 1. The van der Waals surface area contributed by atoms with Crippen LogP contribution < -0.4 is 0 Å². The first kappa shape index (κ1) is 11.8. The summed E-state index contributed by atoms with van der Waals surface area (Å²) in [6, 6.07) is 5.78. The quantitative estimate of drug-likeness (QED) is 0.823. The molecular weight excluding hydrogens is 205 g/mol. The van der Waals surface area contributed by atoms with Crippen LogP contribution in [0.5, 0.6) is 0 Å². The van der Waals surface area contributed by atoms with Gasteiger partial charge in [0.2, 0.25) is 0 Å². The molecule has 0 saturated carbocycles. The van der Waals surface area contributed by atoms with Crippen molar-refractivity contribution in [3.63, 3.8) is 0 Å². The summed E-state index contributed by atoms with van der Waals surface area (Å²) < 4.78 is 37.2. The van der Waals surface area contributed by atoms with E-state index in [1.807, 2.05) is 0 Å². The lowest BCUT2D eigenvalue weighted by molar-refractivity contribution is -0.158. The minimum Gasteiger partial charge on any atom is -0.395 e. The van der Waals surface area contributed by atoms with Gasteiger partial charge in [0.1, 0.15) is 5.92 Å². The Morgan fingerprint density at radius 1 is 1.27 bits per heavy atom. The Morgan fingerprint density at radius 3 is 2.13 bits per heavy atom. The fourth-order valence-electron chi connectivity index (χ4n) is 1.26. The molecule has 0 bridgehead atoms. The Hall–Kier alpha value is -1.29. The third-order valence-corrected chi connectivity index (χ3v) is 2.15. The third kappa shape index (κ3) is 2.83. The molecule has 1 atom stereocenters. The highest BCUT2D eigenvalue weighted by molar-refractivity contribution is 5.47. The summed E-state index contributed by atoms with van der Waals surface area (Å²) >= 11 is 0. The molecule has 1 rings (SSSR count). The van der Waals surface area contributed by atoms with Crippen LogP contribution in [0.15, 0.2) is 30.8 Å². The summed E-state index contributed by atoms with van der Waals surface area (Å²) in [6.07, 6.45) is -2.87. The van der Waals surface area contributed by atoms with E-state index in [1.165, 1.54) is 24.3 Å². The highest BCUT2D eigenvalue weighted by Crippen LogP contribution is 2.34. The lowest BCUT2D eigenvalue weighted by Gasteiger charge is -2.18. The Labute approximate surface area is 85.9 Å². The molecule has 15 heavy (non-hydrogen) atoms. The minimum absolute atomic E-state index is 0.0654. The maximum atomic E-state index is 12.4. The molecule has 0 heterocycles. The summed E-state index contributed by atoms with van der Waals surface area (Å²) in [5.41, 5.74) is 0.813. The van der Waals surface area contributed by atoms with E-state index >= 15 is 0 Å². The van der Waals surface area contributed by atoms with Crippen molar-refractivity contribution < 1.29 is 18.3 Å². The first-order chi connectivity index (χ1) is 6.99. The molecule has 82 valence electrons. The zero-order valence-corrected chi connectivity index (χ0v) is 7.96. The van der Waals surface area contributed by atoms with E-state index in [0.29, 0.717) is 0 Å². The average Bonchev–Trinajstić information content (AvgIpc) is 2.18. The highest BCUT2D eigenvalue weighted by atomic mass is 19.4. The van der Waals surface area contributed by atoms with Crippen LogP contribution >= 0.6 is 0 Å². The zero-order chi connectivity index (χ0) is 11.5. The van der Waals surface area contributed by atoms with Crippen molar-refractivity contribution in [2.75, 3.05) is 6.61 Å². The molecule has 0 aliphatic carbocycles. The molecule has 0 saturated heterocycles. The van der Waals surface area contributed by atoms with Crippen molar-refractivity contribution in [1.29, 1.82) is 0 Å². The molecule has 1 aromatic rings. The first-order valence-corrected chi connectivity index (χ1v) is 4.39. The average molecular weight is 216 g/mol. The van der Waals surface area contributed by atoms with Crippen molar-refractivity contribution in [2.24, 2.45) is 0 Å². The van der Waals surface area contributed by atoms with E-state index in [4.69, 9.17) is 5.11 Å². The molecule has 0 spiro atoms. The number of hydrogen-bond donors (Lipinski definition) is 1. The van der Waals surface area contributed by atoms with Crippen molar-refractivity contribution >= 4 is 6.08 Å². The van der Waals surface area contributed by atoms with Crippen molar-refractivity contribution in [3.8, 4) is 0 Å². The van der Waals surface area contributed by atoms with E-state index in [2.05, 4.69) is 6.58 Å². The van der Waals surface area contributed by atoms with Crippen LogP contribution in [0.4, 0.5) is 13.2 Å². The lowest BCUT2D eigenvalue weighted by Crippen LogP contribution is -2.23. The van der Waals surface area contributed by atoms with Crippen molar-refractivity contribution in [3.05, 3.63) is 42.0 Å². The van der Waals surface area contributed by atoms with Gasteiger partial charge in [0.25, 0.3) is 0 Å². The Balaban J connectivity index is 2.98. The van der Waals surface area contributed by atoms with Crippen molar-refractivity contribution in [1.82, 2.24) is 0 Å². The van der Waals surface area contributed by atoms with Crippen LogP contribution in [0.3, 0.4) is 0 Å². The van der Waals surface area contributed by atoms with Gasteiger partial charge in [-0.15, -0.1) is 0 Å². The summed E-state index contributed by atoms with van der Waals surface area (Å²) in [4.78, 5) is 0. The van der Waals surface area contributed by atoms with Gasteiger partial charge in [-0.25, -0.2) is 0 Å². The molecular formula is C11H11F3O. The topological polar surface area (TPSA) is 20.2 Å². The number of aliphatic hydroxyl groups excluding tert-OH is 1. The second-order valence-corrected chi connectivity index (χ2v) is 3.15. The van der Waals surface area contributed by atoms with Gasteiger partial charge < -0.3 is 5.11 Å². The molecule has 0 amide bonds. The number of hydrogen-bond acceptors (Lipinski definition) is 1. The SMILES string of the molecule is C=Cc1ccc(C(CO)C(F)(F)F)cc1. The van der Waals surface area contributed by atoms with Crippen LogP contribution in [0, 0.1) is 0 Å². The van der Waals surface area contributed by atoms with Crippen LogP contribution in [-0.2, 0) is 0 Å². The predicted molar refractivity (Wildman–Crippen MR) is 52.4 cm³/mol. The fraction of sp³-hybridized carbons (Fsp3) is 0.273.